The lowest BCUT2D eigenvalue weighted by atomic mass is 10.2. The van der Waals surface area contributed by atoms with Gasteiger partial charge in [0.05, 0.1) is 18.0 Å². The summed E-state index contributed by atoms with van der Waals surface area (Å²) in [6.45, 7) is 6.55. The first kappa shape index (κ1) is 22.7. The quantitative estimate of drug-likeness (QED) is 0.524. The van der Waals surface area contributed by atoms with Gasteiger partial charge in [-0.15, -0.1) is 21.5 Å². The van der Waals surface area contributed by atoms with E-state index in [0.717, 1.165) is 16.9 Å². The van der Waals surface area contributed by atoms with Crippen LogP contribution in [-0.4, -0.2) is 40.8 Å². The van der Waals surface area contributed by atoms with Crippen molar-refractivity contribution in [3.05, 3.63) is 41.2 Å². The van der Waals surface area contributed by atoms with Gasteiger partial charge in [0, 0.05) is 18.1 Å². The molecule has 0 spiro atoms. The van der Waals surface area contributed by atoms with Crippen molar-refractivity contribution in [1.29, 1.82) is 0 Å². The van der Waals surface area contributed by atoms with Crippen LogP contribution < -0.4 is 15.4 Å². The molecule has 0 aliphatic heterocycles. The van der Waals surface area contributed by atoms with Crippen LogP contribution in [0.5, 0.6) is 5.75 Å². The number of carbonyl (C=O) groups is 1. The molecule has 0 saturated carbocycles. The second-order valence-corrected chi connectivity index (χ2v) is 10.4. The van der Waals surface area contributed by atoms with Gasteiger partial charge < -0.3 is 14.6 Å². The van der Waals surface area contributed by atoms with Crippen molar-refractivity contribution in [3.8, 4) is 5.75 Å². The number of rotatable bonds is 8. The van der Waals surface area contributed by atoms with Crippen molar-refractivity contribution in [1.82, 2.24) is 19.7 Å². The predicted octanol–water partition coefficient (Wildman–Crippen LogP) is 3.23. The summed E-state index contributed by atoms with van der Waals surface area (Å²) in [5.41, 5.74) is 1.55. The van der Waals surface area contributed by atoms with Crippen LogP contribution in [0.15, 0.2) is 35.9 Å². The highest BCUT2D eigenvalue weighted by molar-refractivity contribution is 7.90. The first-order valence-electron chi connectivity index (χ1n) is 9.47. The van der Waals surface area contributed by atoms with E-state index in [1.165, 1.54) is 17.1 Å². The monoisotopic (exact) mass is 464 g/mol. The lowest BCUT2D eigenvalue weighted by molar-refractivity contribution is 0.260. The zero-order valence-electron chi connectivity index (χ0n) is 17.6. The van der Waals surface area contributed by atoms with Crippen LogP contribution >= 0.6 is 11.3 Å². The lowest BCUT2D eigenvalue weighted by Gasteiger charge is -2.14. The van der Waals surface area contributed by atoms with E-state index in [1.54, 1.807) is 13.1 Å². The molecular weight excluding hydrogens is 440 g/mol. The average molecular weight is 465 g/mol. The number of thiazole rings is 1. The largest absolute Gasteiger partial charge is 0.491 e. The Bertz CT molecular complexity index is 1170. The molecule has 2 heterocycles. The van der Waals surface area contributed by atoms with Gasteiger partial charge in [-0.05, 0) is 30.5 Å². The van der Waals surface area contributed by atoms with Crippen molar-refractivity contribution in [2.45, 2.75) is 31.7 Å². The zero-order valence-corrected chi connectivity index (χ0v) is 19.2. The molecule has 0 bridgehead atoms. The van der Waals surface area contributed by atoms with E-state index in [9.17, 15) is 13.2 Å². The zero-order chi connectivity index (χ0) is 22.6. The molecule has 2 N–H and O–H groups in total. The van der Waals surface area contributed by atoms with Gasteiger partial charge in [0.15, 0.2) is 5.13 Å². The Hall–Kier alpha value is -2.99. The molecule has 0 saturated heterocycles. The second kappa shape index (κ2) is 9.43. The Morgan fingerprint density at radius 1 is 1.29 bits per heavy atom. The molecule has 166 valence electrons. The van der Waals surface area contributed by atoms with Gasteiger partial charge in [0.2, 0.25) is 15.0 Å². The molecule has 3 aromatic rings. The van der Waals surface area contributed by atoms with Crippen LogP contribution in [0.4, 0.5) is 15.6 Å². The first-order chi connectivity index (χ1) is 14.6. The fourth-order valence-electron chi connectivity index (χ4n) is 2.60. The van der Waals surface area contributed by atoms with E-state index in [1.807, 2.05) is 32.9 Å². The molecule has 3 rings (SSSR count). The summed E-state index contributed by atoms with van der Waals surface area (Å²) in [4.78, 5) is 17.0. The van der Waals surface area contributed by atoms with Gasteiger partial charge in [-0.1, -0.05) is 19.9 Å². The highest BCUT2D eigenvalue weighted by Crippen LogP contribution is 2.27. The lowest BCUT2D eigenvalue weighted by Crippen LogP contribution is -2.20. The van der Waals surface area contributed by atoms with E-state index in [4.69, 9.17) is 4.74 Å². The second-order valence-electron chi connectivity index (χ2n) is 7.40. The number of nitrogens with one attached hydrogen (secondary N) is 2. The molecular formula is C19H24N6O4S2. The number of anilines is 2. The summed E-state index contributed by atoms with van der Waals surface area (Å²) in [6.07, 6.45) is 2.73. The molecule has 2 aromatic heterocycles. The number of carbonyl (C=O) groups excluding carboxylic acids is 1. The third-order valence-corrected chi connectivity index (χ3v) is 6.72. The van der Waals surface area contributed by atoms with Gasteiger partial charge in [0.1, 0.15) is 12.1 Å². The van der Waals surface area contributed by atoms with Crippen molar-refractivity contribution < 1.29 is 17.9 Å². The van der Waals surface area contributed by atoms with Crippen LogP contribution in [-0.2, 0) is 22.6 Å². The summed E-state index contributed by atoms with van der Waals surface area (Å²) in [5.74, 6) is 0.637. The number of amides is 2. The van der Waals surface area contributed by atoms with Crippen molar-refractivity contribution in [2.75, 3.05) is 17.2 Å². The SMILES string of the molecule is Cc1ccc(NC(=O)Nc2ncc(CS(=O)(=O)c3nncn3C)s2)c(OCC(C)C)c1. The molecule has 0 aliphatic carbocycles. The third kappa shape index (κ3) is 6.01. The number of benzene rings is 1. The van der Waals surface area contributed by atoms with Crippen LogP contribution in [0.1, 0.15) is 24.3 Å². The van der Waals surface area contributed by atoms with E-state index >= 15 is 0 Å². The maximum Gasteiger partial charge on any atom is 0.325 e. The number of aromatic nitrogens is 4. The highest BCUT2D eigenvalue weighted by atomic mass is 32.2. The molecule has 2 amide bonds. The average Bonchev–Trinajstić information content (AvgIpc) is 3.30. The Kier molecular flexibility index (Phi) is 6.91. The van der Waals surface area contributed by atoms with Gasteiger partial charge in [-0.25, -0.2) is 18.2 Å². The predicted molar refractivity (Wildman–Crippen MR) is 118 cm³/mol. The van der Waals surface area contributed by atoms with Gasteiger partial charge in [-0.3, -0.25) is 5.32 Å². The molecule has 0 atom stereocenters. The fraction of sp³-hybridized carbons (Fsp3) is 0.368. The Morgan fingerprint density at radius 2 is 2.06 bits per heavy atom. The summed E-state index contributed by atoms with van der Waals surface area (Å²) >= 11 is 1.07. The Balaban J connectivity index is 1.65. The minimum Gasteiger partial charge on any atom is -0.491 e. The molecule has 1 aromatic carbocycles. The normalized spacial score (nSPS) is 11.5. The smallest absolute Gasteiger partial charge is 0.325 e. The van der Waals surface area contributed by atoms with E-state index < -0.39 is 15.9 Å². The highest BCUT2D eigenvalue weighted by Gasteiger charge is 2.22. The molecule has 0 radical (unpaired) electrons. The number of sulfone groups is 1. The summed E-state index contributed by atoms with van der Waals surface area (Å²) in [6, 6.07) is 4.99. The van der Waals surface area contributed by atoms with E-state index in [-0.39, 0.29) is 16.0 Å². The molecule has 12 heteroatoms. The van der Waals surface area contributed by atoms with E-state index in [0.29, 0.717) is 28.8 Å². The number of hydrogen-bond donors (Lipinski definition) is 2. The number of hydrogen-bond acceptors (Lipinski definition) is 8. The minimum atomic E-state index is -3.67. The minimum absolute atomic E-state index is 0.124. The number of urea groups is 1. The van der Waals surface area contributed by atoms with Crippen LogP contribution in [0.2, 0.25) is 0 Å². The van der Waals surface area contributed by atoms with Crippen molar-refractivity contribution >= 4 is 38.0 Å². The molecule has 31 heavy (non-hydrogen) atoms. The van der Waals surface area contributed by atoms with Crippen LogP contribution in [0.25, 0.3) is 0 Å². The van der Waals surface area contributed by atoms with Crippen LogP contribution in [0, 0.1) is 12.8 Å². The molecule has 0 fully saturated rings. The molecule has 0 aliphatic rings. The van der Waals surface area contributed by atoms with Crippen molar-refractivity contribution in [2.24, 2.45) is 13.0 Å². The van der Waals surface area contributed by atoms with Crippen LogP contribution in [0.3, 0.4) is 0 Å². The van der Waals surface area contributed by atoms with E-state index in [2.05, 4.69) is 25.8 Å². The number of ether oxygens (including phenoxy) is 1. The standard InChI is InChI=1S/C19H24N6O4S2/c1-12(2)9-29-16-7-13(3)5-6-15(16)22-17(26)23-18-20-8-14(30-18)10-31(27,28)19-24-21-11-25(19)4/h5-8,11-12H,9-10H2,1-4H3,(H2,20,22,23,26). The molecule has 10 nitrogen and oxygen atoms in total. The maximum atomic E-state index is 12.5. The van der Waals surface area contributed by atoms with Crippen molar-refractivity contribution in [3.63, 3.8) is 0 Å². The Labute approximate surface area is 184 Å². The van der Waals surface area contributed by atoms with Gasteiger partial charge >= 0.3 is 6.03 Å². The Morgan fingerprint density at radius 3 is 2.74 bits per heavy atom. The third-order valence-electron chi connectivity index (χ3n) is 4.01. The number of nitrogens with zero attached hydrogens (tertiary/aromatic N) is 4. The topological polar surface area (TPSA) is 128 Å². The van der Waals surface area contributed by atoms with Gasteiger partial charge in [-0.2, -0.15) is 0 Å². The maximum absolute atomic E-state index is 12.5. The summed E-state index contributed by atoms with van der Waals surface area (Å²) < 4.78 is 32.1. The first-order valence-corrected chi connectivity index (χ1v) is 11.9. The summed E-state index contributed by atoms with van der Waals surface area (Å²) in [5, 5.41) is 12.8. The number of aryl methyl sites for hydroxylation is 2. The molecule has 0 unspecified atom stereocenters. The van der Waals surface area contributed by atoms with Gasteiger partial charge in [0.25, 0.3) is 0 Å². The summed E-state index contributed by atoms with van der Waals surface area (Å²) in [7, 11) is -2.12. The fourth-order valence-corrected chi connectivity index (χ4v) is 5.14.